The van der Waals surface area contributed by atoms with Gasteiger partial charge in [-0.3, -0.25) is 14.9 Å². The van der Waals surface area contributed by atoms with Crippen LogP contribution in [0.5, 0.6) is 0 Å². The summed E-state index contributed by atoms with van der Waals surface area (Å²) in [5.41, 5.74) is 0.454. The third-order valence-electron chi connectivity index (χ3n) is 3.64. The molecule has 0 radical (unpaired) electrons. The summed E-state index contributed by atoms with van der Waals surface area (Å²) in [4.78, 5) is 24.5. The minimum Gasteiger partial charge on any atom is -0.335 e. The van der Waals surface area contributed by atoms with Gasteiger partial charge in [-0.1, -0.05) is 12.1 Å². The number of para-hydroxylation sites is 1. The lowest BCUT2D eigenvalue weighted by atomic mass is 10.1. The SMILES string of the molecule is CNCC1CCCN1C(=O)/C=C/c1ccccc1[N+](=O)[O-]. The van der Waals surface area contributed by atoms with Gasteiger partial charge in [0, 0.05) is 31.3 Å². The Labute approximate surface area is 123 Å². The van der Waals surface area contributed by atoms with Crippen LogP contribution < -0.4 is 5.32 Å². The first-order chi connectivity index (χ1) is 10.1. The average Bonchev–Trinajstić information content (AvgIpc) is 2.93. The van der Waals surface area contributed by atoms with E-state index in [0.29, 0.717) is 5.56 Å². The molecule has 1 aromatic rings. The van der Waals surface area contributed by atoms with E-state index in [2.05, 4.69) is 5.32 Å². The molecule has 0 aromatic heterocycles. The molecule has 1 N–H and O–H groups in total. The normalized spacial score (nSPS) is 18.3. The quantitative estimate of drug-likeness (QED) is 0.509. The largest absolute Gasteiger partial charge is 0.335 e. The third-order valence-corrected chi connectivity index (χ3v) is 3.64. The van der Waals surface area contributed by atoms with Gasteiger partial charge in [-0.2, -0.15) is 0 Å². The smallest absolute Gasteiger partial charge is 0.276 e. The number of likely N-dealkylation sites (tertiary alicyclic amines) is 1. The van der Waals surface area contributed by atoms with Crippen LogP contribution in [0.15, 0.2) is 30.3 Å². The second kappa shape index (κ2) is 6.99. The highest BCUT2D eigenvalue weighted by Gasteiger charge is 2.26. The molecule has 1 saturated heterocycles. The molecule has 0 spiro atoms. The van der Waals surface area contributed by atoms with Crippen molar-refractivity contribution >= 4 is 17.7 Å². The summed E-state index contributed by atoms with van der Waals surface area (Å²) in [5, 5.41) is 14.0. The highest BCUT2D eigenvalue weighted by atomic mass is 16.6. The van der Waals surface area contributed by atoms with E-state index in [1.54, 1.807) is 18.2 Å². The zero-order valence-corrected chi connectivity index (χ0v) is 12.0. The molecule has 21 heavy (non-hydrogen) atoms. The van der Waals surface area contributed by atoms with Gasteiger partial charge in [-0.25, -0.2) is 0 Å². The standard InChI is InChI=1S/C15H19N3O3/c1-16-11-13-6-4-10-17(13)15(19)9-8-12-5-2-3-7-14(12)18(20)21/h2-3,5,7-9,13,16H,4,6,10-11H2,1H3/b9-8+. The molecule has 6 heteroatoms. The van der Waals surface area contributed by atoms with Crippen LogP contribution in [0.4, 0.5) is 5.69 Å². The van der Waals surface area contributed by atoms with Crippen LogP contribution in [-0.4, -0.2) is 41.9 Å². The van der Waals surface area contributed by atoms with Crippen LogP contribution >= 0.6 is 0 Å². The number of carbonyl (C=O) groups is 1. The van der Waals surface area contributed by atoms with Crippen molar-refractivity contribution in [2.45, 2.75) is 18.9 Å². The Morgan fingerprint density at radius 2 is 2.29 bits per heavy atom. The zero-order valence-electron chi connectivity index (χ0n) is 12.0. The van der Waals surface area contributed by atoms with Crippen molar-refractivity contribution in [2.75, 3.05) is 20.1 Å². The Balaban J connectivity index is 2.10. The van der Waals surface area contributed by atoms with Crippen molar-refractivity contribution in [1.82, 2.24) is 10.2 Å². The van der Waals surface area contributed by atoms with E-state index in [0.717, 1.165) is 25.9 Å². The van der Waals surface area contributed by atoms with Gasteiger partial charge in [-0.05, 0) is 32.0 Å². The number of benzene rings is 1. The maximum absolute atomic E-state index is 12.2. The lowest BCUT2D eigenvalue weighted by Crippen LogP contribution is -2.39. The molecule has 1 aliphatic heterocycles. The van der Waals surface area contributed by atoms with Crippen molar-refractivity contribution in [1.29, 1.82) is 0 Å². The Morgan fingerprint density at radius 3 is 3.00 bits per heavy atom. The van der Waals surface area contributed by atoms with Gasteiger partial charge >= 0.3 is 0 Å². The zero-order chi connectivity index (χ0) is 15.2. The van der Waals surface area contributed by atoms with Crippen LogP contribution in [0.3, 0.4) is 0 Å². The predicted octanol–water partition coefficient (Wildman–Crippen LogP) is 1.82. The minimum absolute atomic E-state index is 0.00902. The molecule has 112 valence electrons. The molecule has 0 bridgehead atoms. The summed E-state index contributed by atoms with van der Waals surface area (Å²) in [7, 11) is 1.87. The molecule has 1 atom stereocenters. The minimum atomic E-state index is -0.441. The molecule has 2 rings (SSSR count). The van der Waals surface area contributed by atoms with Crippen LogP contribution in [0, 0.1) is 10.1 Å². The molecule has 1 aromatic carbocycles. The maximum Gasteiger partial charge on any atom is 0.276 e. The van der Waals surface area contributed by atoms with E-state index >= 15 is 0 Å². The number of nitro groups is 1. The highest BCUT2D eigenvalue weighted by Crippen LogP contribution is 2.20. The van der Waals surface area contributed by atoms with Gasteiger partial charge in [0.15, 0.2) is 0 Å². The molecular formula is C15H19N3O3. The summed E-state index contributed by atoms with van der Waals surface area (Å²) in [6.07, 6.45) is 4.94. The number of nitrogens with zero attached hydrogens (tertiary/aromatic N) is 2. The summed E-state index contributed by atoms with van der Waals surface area (Å²) in [6.45, 7) is 1.51. The van der Waals surface area contributed by atoms with Gasteiger partial charge < -0.3 is 10.2 Å². The summed E-state index contributed by atoms with van der Waals surface area (Å²) in [6, 6.07) is 6.61. The van der Waals surface area contributed by atoms with E-state index in [1.165, 1.54) is 18.2 Å². The third kappa shape index (κ3) is 3.66. The molecule has 0 saturated carbocycles. The van der Waals surface area contributed by atoms with Crippen LogP contribution in [0.2, 0.25) is 0 Å². The van der Waals surface area contributed by atoms with Crippen molar-refractivity contribution in [3.05, 3.63) is 46.0 Å². The number of hydrogen-bond acceptors (Lipinski definition) is 4. The Bertz CT molecular complexity index is 557. The maximum atomic E-state index is 12.2. The Morgan fingerprint density at radius 1 is 1.52 bits per heavy atom. The summed E-state index contributed by atoms with van der Waals surface area (Å²) in [5.74, 6) is -0.0918. The van der Waals surface area contributed by atoms with Gasteiger partial charge in [0.1, 0.15) is 0 Å². The molecule has 6 nitrogen and oxygen atoms in total. The molecule has 0 aliphatic carbocycles. The number of nitrogens with one attached hydrogen (secondary N) is 1. The number of likely N-dealkylation sites (N-methyl/N-ethyl adjacent to an activating group) is 1. The van der Waals surface area contributed by atoms with Gasteiger partial charge in [0.25, 0.3) is 5.69 Å². The van der Waals surface area contributed by atoms with Gasteiger partial charge in [0.2, 0.25) is 5.91 Å². The molecule has 1 aliphatic rings. The molecular weight excluding hydrogens is 270 g/mol. The first kappa shape index (κ1) is 15.2. The van der Waals surface area contributed by atoms with Crippen molar-refractivity contribution in [3.63, 3.8) is 0 Å². The second-order valence-electron chi connectivity index (χ2n) is 5.03. The van der Waals surface area contributed by atoms with Gasteiger partial charge in [0.05, 0.1) is 10.5 Å². The van der Waals surface area contributed by atoms with Crippen LogP contribution in [0.1, 0.15) is 18.4 Å². The summed E-state index contributed by atoms with van der Waals surface area (Å²) < 4.78 is 0. The van der Waals surface area contributed by atoms with Crippen LogP contribution in [0.25, 0.3) is 6.08 Å². The number of rotatable bonds is 5. The van der Waals surface area contributed by atoms with E-state index in [4.69, 9.17) is 0 Å². The molecule has 1 fully saturated rings. The van der Waals surface area contributed by atoms with E-state index in [1.807, 2.05) is 11.9 Å². The fraction of sp³-hybridized carbons (Fsp3) is 0.400. The lowest BCUT2D eigenvalue weighted by Gasteiger charge is -2.23. The van der Waals surface area contributed by atoms with Crippen molar-refractivity contribution in [2.24, 2.45) is 0 Å². The first-order valence-corrected chi connectivity index (χ1v) is 7.00. The lowest BCUT2D eigenvalue weighted by molar-refractivity contribution is -0.385. The topological polar surface area (TPSA) is 75.5 Å². The molecule has 1 heterocycles. The molecule has 1 amide bonds. The monoisotopic (exact) mass is 289 g/mol. The summed E-state index contributed by atoms with van der Waals surface area (Å²) >= 11 is 0. The highest BCUT2D eigenvalue weighted by molar-refractivity contribution is 5.92. The van der Waals surface area contributed by atoms with E-state index in [-0.39, 0.29) is 17.6 Å². The first-order valence-electron chi connectivity index (χ1n) is 7.00. The van der Waals surface area contributed by atoms with E-state index in [9.17, 15) is 14.9 Å². The second-order valence-corrected chi connectivity index (χ2v) is 5.03. The Kier molecular flexibility index (Phi) is 5.05. The van der Waals surface area contributed by atoms with Crippen LogP contribution in [-0.2, 0) is 4.79 Å². The molecule has 1 unspecified atom stereocenters. The van der Waals surface area contributed by atoms with Gasteiger partial charge in [-0.15, -0.1) is 0 Å². The fourth-order valence-corrected chi connectivity index (χ4v) is 2.63. The van der Waals surface area contributed by atoms with E-state index < -0.39 is 4.92 Å². The number of nitro benzene ring substituents is 1. The van der Waals surface area contributed by atoms with Crippen molar-refractivity contribution in [3.8, 4) is 0 Å². The number of carbonyl (C=O) groups excluding carboxylic acids is 1. The Hall–Kier alpha value is -2.21. The fourth-order valence-electron chi connectivity index (χ4n) is 2.63. The van der Waals surface area contributed by atoms with Crippen molar-refractivity contribution < 1.29 is 9.72 Å². The predicted molar refractivity (Wildman–Crippen MR) is 80.8 cm³/mol. The number of hydrogen-bond donors (Lipinski definition) is 1. The number of amides is 1. The average molecular weight is 289 g/mol.